The van der Waals surface area contributed by atoms with Gasteiger partial charge in [-0.25, -0.2) is 0 Å². The fraction of sp³-hybridized carbons (Fsp3) is 0.533. The van der Waals surface area contributed by atoms with Gasteiger partial charge in [-0.05, 0) is 61.3 Å². The first-order chi connectivity index (χ1) is 9.09. The second-order valence-corrected chi connectivity index (χ2v) is 6.74. The van der Waals surface area contributed by atoms with Gasteiger partial charge in [-0.3, -0.25) is 4.79 Å². The zero-order valence-electron chi connectivity index (χ0n) is 10.9. The van der Waals surface area contributed by atoms with Crippen LogP contribution in [0.4, 0.5) is 0 Å². The van der Waals surface area contributed by atoms with Gasteiger partial charge in [0, 0.05) is 10.6 Å². The maximum atomic E-state index is 11.4. The van der Waals surface area contributed by atoms with Crippen LogP contribution >= 0.6 is 11.8 Å². The summed E-state index contributed by atoms with van der Waals surface area (Å²) in [5, 5.41) is 9.34. The van der Waals surface area contributed by atoms with Gasteiger partial charge in [0.25, 0.3) is 0 Å². The van der Waals surface area contributed by atoms with Gasteiger partial charge < -0.3 is 10.8 Å². The van der Waals surface area contributed by atoms with Gasteiger partial charge in [0.15, 0.2) is 0 Å². The lowest BCUT2D eigenvalue weighted by atomic mass is 9.98. The number of carboxylic acid groups (broad SMARTS) is 1. The lowest BCUT2D eigenvalue weighted by Gasteiger charge is -2.24. The Hall–Kier alpha value is -1.00. The molecule has 19 heavy (non-hydrogen) atoms. The van der Waals surface area contributed by atoms with Crippen molar-refractivity contribution in [2.75, 3.05) is 5.75 Å². The predicted molar refractivity (Wildman–Crippen MR) is 76.5 cm³/mol. The molecular formula is C15H19NO2S. The van der Waals surface area contributed by atoms with E-state index in [2.05, 4.69) is 18.2 Å². The Morgan fingerprint density at radius 1 is 1.37 bits per heavy atom. The summed E-state index contributed by atoms with van der Waals surface area (Å²) in [5.41, 5.74) is 7.91. The predicted octanol–water partition coefficient (Wildman–Crippen LogP) is 2.46. The second-order valence-electron chi connectivity index (χ2n) is 5.69. The normalized spacial score (nSPS) is 20.9. The minimum Gasteiger partial charge on any atom is -0.480 e. The van der Waals surface area contributed by atoms with Crippen LogP contribution in [0.1, 0.15) is 30.4 Å². The van der Waals surface area contributed by atoms with Gasteiger partial charge in [-0.15, -0.1) is 11.8 Å². The molecule has 1 aromatic rings. The van der Waals surface area contributed by atoms with Crippen LogP contribution in [-0.2, 0) is 17.6 Å². The fourth-order valence-corrected chi connectivity index (χ4v) is 3.95. The molecule has 3 nitrogen and oxygen atoms in total. The Morgan fingerprint density at radius 3 is 2.79 bits per heavy atom. The summed E-state index contributed by atoms with van der Waals surface area (Å²) in [6, 6.07) is 6.49. The molecule has 0 spiro atoms. The third-order valence-electron chi connectivity index (χ3n) is 4.25. The van der Waals surface area contributed by atoms with Crippen molar-refractivity contribution in [3.63, 3.8) is 0 Å². The summed E-state index contributed by atoms with van der Waals surface area (Å²) in [6.07, 6.45) is 5.47. The molecule has 1 unspecified atom stereocenters. The molecule has 1 fully saturated rings. The van der Waals surface area contributed by atoms with Gasteiger partial charge in [0.2, 0.25) is 0 Å². The molecule has 0 bridgehead atoms. The minimum absolute atomic E-state index is 0.159. The number of carboxylic acids is 1. The maximum Gasteiger partial charge on any atom is 0.324 e. The maximum absolute atomic E-state index is 11.4. The number of thioether (sulfide) groups is 1. The molecule has 0 radical (unpaired) electrons. The smallest absolute Gasteiger partial charge is 0.324 e. The highest BCUT2D eigenvalue weighted by Gasteiger charge is 2.48. The van der Waals surface area contributed by atoms with E-state index >= 15 is 0 Å². The summed E-state index contributed by atoms with van der Waals surface area (Å²) >= 11 is 1.58. The third kappa shape index (κ3) is 2.51. The Morgan fingerprint density at radius 2 is 2.11 bits per heavy atom. The van der Waals surface area contributed by atoms with E-state index in [-0.39, 0.29) is 5.92 Å². The van der Waals surface area contributed by atoms with Crippen LogP contribution in [0.25, 0.3) is 0 Å². The molecule has 102 valence electrons. The van der Waals surface area contributed by atoms with Crippen molar-refractivity contribution in [1.82, 2.24) is 0 Å². The Bertz CT molecular complexity index is 513. The molecule has 1 atom stereocenters. The summed E-state index contributed by atoms with van der Waals surface area (Å²) in [7, 11) is 0. The van der Waals surface area contributed by atoms with Gasteiger partial charge in [0.05, 0.1) is 0 Å². The molecule has 1 aromatic carbocycles. The molecule has 4 heteroatoms. The molecular weight excluding hydrogens is 258 g/mol. The quantitative estimate of drug-likeness (QED) is 0.812. The highest BCUT2D eigenvalue weighted by Crippen LogP contribution is 2.41. The van der Waals surface area contributed by atoms with Crippen molar-refractivity contribution in [2.45, 2.75) is 42.5 Å². The first-order valence-corrected chi connectivity index (χ1v) is 7.85. The van der Waals surface area contributed by atoms with Crippen LogP contribution in [0, 0.1) is 5.92 Å². The number of hydrogen-bond acceptors (Lipinski definition) is 3. The van der Waals surface area contributed by atoms with Gasteiger partial charge in [-0.1, -0.05) is 6.07 Å². The van der Waals surface area contributed by atoms with Crippen LogP contribution < -0.4 is 5.73 Å². The first kappa shape index (κ1) is 13.0. The molecule has 1 saturated carbocycles. The molecule has 2 aliphatic carbocycles. The van der Waals surface area contributed by atoms with Crippen LogP contribution in [0.15, 0.2) is 23.1 Å². The van der Waals surface area contributed by atoms with Crippen LogP contribution in [0.3, 0.4) is 0 Å². The fourth-order valence-electron chi connectivity index (χ4n) is 2.79. The highest BCUT2D eigenvalue weighted by atomic mass is 32.2. The van der Waals surface area contributed by atoms with E-state index in [0.717, 1.165) is 24.2 Å². The number of fused-ring (bicyclic) bond motifs is 1. The lowest BCUT2D eigenvalue weighted by molar-refractivity contribution is -0.143. The van der Waals surface area contributed by atoms with Crippen LogP contribution in [0.5, 0.6) is 0 Å². The molecule has 3 N–H and O–H groups in total. The van der Waals surface area contributed by atoms with E-state index in [0.29, 0.717) is 5.75 Å². The van der Waals surface area contributed by atoms with Crippen molar-refractivity contribution in [2.24, 2.45) is 11.7 Å². The van der Waals surface area contributed by atoms with E-state index in [9.17, 15) is 9.90 Å². The van der Waals surface area contributed by atoms with Crippen molar-refractivity contribution in [3.8, 4) is 0 Å². The largest absolute Gasteiger partial charge is 0.480 e. The summed E-state index contributed by atoms with van der Waals surface area (Å²) in [4.78, 5) is 12.5. The molecule has 2 aliphatic rings. The van der Waals surface area contributed by atoms with Crippen molar-refractivity contribution < 1.29 is 9.90 Å². The second kappa shape index (κ2) is 4.84. The lowest BCUT2D eigenvalue weighted by Crippen LogP contribution is -2.52. The van der Waals surface area contributed by atoms with Crippen molar-refractivity contribution in [1.29, 1.82) is 0 Å². The summed E-state index contributed by atoms with van der Waals surface area (Å²) in [5.74, 6) is -0.234. The molecule has 3 rings (SSSR count). The number of carbonyl (C=O) groups is 1. The molecule has 0 saturated heterocycles. The first-order valence-electron chi connectivity index (χ1n) is 6.86. The van der Waals surface area contributed by atoms with Crippen molar-refractivity contribution >= 4 is 17.7 Å². The zero-order chi connectivity index (χ0) is 13.5. The van der Waals surface area contributed by atoms with Gasteiger partial charge in [0.1, 0.15) is 5.54 Å². The Labute approximate surface area is 117 Å². The van der Waals surface area contributed by atoms with Crippen LogP contribution in [-0.4, -0.2) is 22.4 Å². The molecule has 0 aliphatic heterocycles. The van der Waals surface area contributed by atoms with Crippen molar-refractivity contribution in [3.05, 3.63) is 29.3 Å². The van der Waals surface area contributed by atoms with E-state index < -0.39 is 11.5 Å². The Balaban J connectivity index is 1.70. The monoisotopic (exact) mass is 277 g/mol. The SMILES string of the molecule is NC(CSc1ccc2c(c1)CCC2)(C(=O)O)C1CC1. The number of benzene rings is 1. The molecule has 0 amide bonds. The number of hydrogen-bond donors (Lipinski definition) is 2. The van der Waals surface area contributed by atoms with Gasteiger partial charge >= 0.3 is 5.97 Å². The number of nitrogens with two attached hydrogens (primary N) is 1. The number of aliphatic carboxylic acids is 1. The third-order valence-corrected chi connectivity index (χ3v) is 5.46. The summed E-state index contributed by atoms with van der Waals surface area (Å²) < 4.78 is 0. The van der Waals surface area contributed by atoms with E-state index in [1.165, 1.54) is 24.0 Å². The number of rotatable bonds is 5. The standard InChI is InChI=1S/C15H19NO2S/c16-15(14(17)18,12-5-6-12)9-19-13-7-4-10-2-1-3-11(10)8-13/h4,7-8,12H,1-3,5-6,9,16H2,(H,17,18). The topological polar surface area (TPSA) is 63.3 Å². The highest BCUT2D eigenvalue weighted by molar-refractivity contribution is 7.99. The average molecular weight is 277 g/mol. The zero-order valence-corrected chi connectivity index (χ0v) is 11.7. The molecule has 0 aromatic heterocycles. The van der Waals surface area contributed by atoms with E-state index in [1.54, 1.807) is 11.8 Å². The molecule has 0 heterocycles. The van der Waals surface area contributed by atoms with E-state index in [1.807, 2.05) is 0 Å². The average Bonchev–Trinajstić information content (AvgIpc) is 3.14. The minimum atomic E-state index is -1.05. The Kier molecular flexibility index (Phi) is 3.31. The number of aryl methyl sites for hydroxylation is 2. The van der Waals surface area contributed by atoms with Gasteiger partial charge in [-0.2, -0.15) is 0 Å². The van der Waals surface area contributed by atoms with E-state index in [4.69, 9.17) is 5.73 Å². The van der Waals surface area contributed by atoms with Crippen LogP contribution in [0.2, 0.25) is 0 Å². The summed E-state index contributed by atoms with van der Waals surface area (Å²) in [6.45, 7) is 0.